The molecular formula is C10H11N3O3S. The maximum absolute atomic E-state index is 11.6. The Hall–Kier alpha value is -2.07. The van der Waals surface area contributed by atoms with E-state index in [-0.39, 0.29) is 11.3 Å². The minimum Gasteiger partial charge on any atom is -0.366 e. The molecule has 7 heteroatoms. The maximum Gasteiger partial charge on any atom is 0.250 e. The quantitative estimate of drug-likeness (QED) is 0.810. The number of anilines is 1. The molecule has 1 atom stereocenters. The van der Waals surface area contributed by atoms with Crippen LogP contribution in [0.1, 0.15) is 17.3 Å². The maximum atomic E-state index is 11.6. The van der Waals surface area contributed by atoms with Crippen molar-refractivity contribution < 1.29 is 13.2 Å². The van der Waals surface area contributed by atoms with Gasteiger partial charge in [-0.2, -0.15) is 5.26 Å². The molecule has 0 aliphatic carbocycles. The SMILES string of the molecule is CC(C#N)S(=O)(=O)Nc1ccccc1C(N)=O. The fourth-order valence-electron chi connectivity index (χ4n) is 1.10. The second kappa shape index (κ2) is 4.84. The summed E-state index contributed by atoms with van der Waals surface area (Å²) >= 11 is 0. The fourth-order valence-corrected chi connectivity index (χ4v) is 1.90. The van der Waals surface area contributed by atoms with Crippen molar-refractivity contribution in [3.05, 3.63) is 29.8 Å². The van der Waals surface area contributed by atoms with E-state index in [2.05, 4.69) is 4.72 Å². The van der Waals surface area contributed by atoms with Gasteiger partial charge in [-0.05, 0) is 19.1 Å². The van der Waals surface area contributed by atoms with E-state index in [0.29, 0.717) is 0 Å². The molecule has 1 aromatic rings. The van der Waals surface area contributed by atoms with Crippen molar-refractivity contribution in [1.29, 1.82) is 5.26 Å². The normalized spacial score (nSPS) is 12.5. The summed E-state index contributed by atoms with van der Waals surface area (Å²) in [7, 11) is -3.84. The van der Waals surface area contributed by atoms with E-state index in [0.717, 1.165) is 0 Å². The van der Waals surface area contributed by atoms with Gasteiger partial charge < -0.3 is 5.73 Å². The van der Waals surface area contributed by atoms with E-state index in [1.807, 2.05) is 0 Å². The smallest absolute Gasteiger partial charge is 0.250 e. The number of nitrogens with zero attached hydrogens (tertiary/aromatic N) is 1. The molecule has 0 heterocycles. The molecule has 0 bridgehead atoms. The molecule has 3 N–H and O–H groups in total. The van der Waals surface area contributed by atoms with Crippen LogP contribution in [0.5, 0.6) is 0 Å². The van der Waals surface area contributed by atoms with Gasteiger partial charge in [0, 0.05) is 0 Å². The number of carbonyl (C=O) groups is 1. The molecule has 1 rings (SSSR count). The molecular weight excluding hydrogens is 242 g/mol. The lowest BCUT2D eigenvalue weighted by molar-refractivity contribution is 0.100. The highest BCUT2D eigenvalue weighted by atomic mass is 32.2. The molecule has 0 spiro atoms. The van der Waals surface area contributed by atoms with Crippen LogP contribution >= 0.6 is 0 Å². The van der Waals surface area contributed by atoms with E-state index < -0.39 is 21.2 Å². The van der Waals surface area contributed by atoms with Crippen molar-refractivity contribution in [2.75, 3.05) is 4.72 Å². The van der Waals surface area contributed by atoms with Crippen LogP contribution in [0.25, 0.3) is 0 Å². The number of para-hydroxylation sites is 1. The third-order valence-corrected chi connectivity index (χ3v) is 3.63. The zero-order chi connectivity index (χ0) is 13.1. The van der Waals surface area contributed by atoms with Gasteiger partial charge in [0.25, 0.3) is 5.91 Å². The molecule has 1 aromatic carbocycles. The molecule has 0 radical (unpaired) electrons. The number of hydrogen-bond donors (Lipinski definition) is 2. The van der Waals surface area contributed by atoms with Gasteiger partial charge >= 0.3 is 0 Å². The zero-order valence-corrected chi connectivity index (χ0v) is 9.86. The Kier molecular flexibility index (Phi) is 3.70. The van der Waals surface area contributed by atoms with Gasteiger partial charge in [0.1, 0.15) is 0 Å². The Balaban J connectivity index is 3.13. The Morgan fingerprint density at radius 2 is 2.06 bits per heavy atom. The van der Waals surface area contributed by atoms with Crippen molar-refractivity contribution in [1.82, 2.24) is 0 Å². The van der Waals surface area contributed by atoms with Gasteiger partial charge in [0.2, 0.25) is 10.0 Å². The highest BCUT2D eigenvalue weighted by Gasteiger charge is 2.21. The second-order valence-electron chi connectivity index (χ2n) is 3.33. The minimum absolute atomic E-state index is 0.0567. The third-order valence-electron chi connectivity index (χ3n) is 2.09. The van der Waals surface area contributed by atoms with E-state index in [9.17, 15) is 13.2 Å². The number of amides is 1. The number of hydrogen-bond acceptors (Lipinski definition) is 4. The highest BCUT2D eigenvalue weighted by Crippen LogP contribution is 2.17. The standard InChI is InChI=1S/C10H11N3O3S/c1-7(6-11)17(15,16)13-9-5-3-2-4-8(9)10(12)14/h2-5,7,13H,1H3,(H2,12,14). The lowest BCUT2D eigenvalue weighted by Crippen LogP contribution is -2.25. The van der Waals surface area contributed by atoms with Crippen molar-refractivity contribution in [3.8, 4) is 6.07 Å². The number of benzene rings is 1. The van der Waals surface area contributed by atoms with Crippen molar-refractivity contribution in [2.45, 2.75) is 12.2 Å². The van der Waals surface area contributed by atoms with Crippen LogP contribution in [0.15, 0.2) is 24.3 Å². The molecule has 6 nitrogen and oxygen atoms in total. The summed E-state index contributed by atoms with van der Waals surface area (Å²) in [6.07, 6.45) is 0. The molecule has 1 unspecified atom stereocenters. The topological polar surface area (TPSA) is 113 Å². The summed E-state index contributed by atoms with van der Waals surface area (Å²) in [5, 5.41) is 7.35. The van der Waals surface area contributed by atoms with Crippen LogP contribution in [0.4, 0.5) is 5.69 Å². The number of carbonyl (C=O) groups excluding carboxylic acids is 1. The van der Waals surface area contributed by atoms with Crippen LogP contribution in [-0.4, -0.2) is 19.6 Å². The van der Waals surface area contributed by atoms with E-state index in [4.69, 9.17) is 11.0 Å². The average molecular weight is 253 g/mol. The minimum atomic E-state index is -3.84. The number of primary amides is 1. The van der Waals surface area contributed by atoms with E-state index in [1.54, 1.807) is 18.2 Å². The molecule has 0 saturated heterocycles. The van der Waals surface area contributed by atoms with E-state index >= 15 is 0 Å². The van der Waals surface area contributed by atoms with Gasteiger partial charge in [-0.15, -0.1) is 0 Å². The molecule has 90 valence electrons. The first-order valence-electron chi connectivity index (χ1n) is 4.68. The molecule has 0 fully saturated rings. The summed E-state index contributed by atoms with van der Waals surface area (Å²) < 4.78 is 25.4. The molecule has 0 aromatic heterocycles. The second-order valence-corrected chi connectivity index (χ2v) is 5.33. The molecule has 1 amide bonds. The predicted octanol–water partition coefficient (Wildman–Crippen LogP) is 0.439. The van der Waals surface area contributed by atoms with Crippen LogP contribution in [0, 0.1) is 11.3 Å². The van der Waals surface area contributed by atoms with Gasteiger partial charge in [-0.25, -0.2) is 8.42 Å². The summed E-state index contributed by atoms with van der Waals surface area (Å²) in [6.45, 7) is 1.25. The van der Waals surface area contributed by atoms with Gasteiger partial charge in [-0.1, -0.05) is 12.1 Å². The van der Waals surface area contributed by atoms with Crippen molar-refractivity contribution >= 4 is 21.6 Å². The number of sulfonamides is 1. The highest BCUT2D eigenvalue weighted by molar-refractivity contribution is 7.93. The lowest BCUT2D eigenvalue weighted by atomic mass is 10.2. The number of nitrogens with one attached hydrogen (secondary N) is 1. The summed E-state index contributed by atoms with van der Waals surface area (Å²) in [4.78, 5) is 11.1. The Morgan fingerprint density at radius 3 is 2.59 bits per heavy atom. The van der Waals surface area contributed by atoms with Crippen LogP contribution in [0.3, 0.4) is 0 Å². The number of nitrogens with two attached hydrogens (primary N) is 1. The first-order valence-corrected chi connectivity index (χ1v) is 6.23. The van der Waals surface area contributed by atoms with Crippen molar-refractivity contribution in [3.63, 3.8) is 0 Å². The third kappa shape index (κ3) is 2.95. The summed E-state index contributed by atoms with van der Waals surface area (Å²) in [5.74, 6) is -0.743. The Labute approximate surface area is 99.1 Å². The fraction of sp³-hybridized carbons (Fsp3) is 0.200. The van der Waals surface area contributed by atoms with Crippen LogP contribution in [0.2, 0.25) is 0 Å². The van der Waals surface area contributed by atoms with E-state index in [1.165, 1.54) is 19.1 Å². The predicted molar refractivity (Wildman–Crippen MR) is 62.6 cm³/mol. The number of rotatable bonds is 4. The molecule has 17 heavy (non-hydrogen) atoms. The number of nitriles is 1. The van der Waals surface area contributed by atoms with Crippen molar-refractivity contribution in [2.24, 2.45) is 5.73 Å². The first-order chi connectivity index (χ1) is 7.88. The molecule has 0 aliphatic rings. The largest absolute Gasteiger partial charge is 0.366 e. The van der Waals surface area contributed by atoms with Gasteiger partial charge in [0.15, 0.2) is 5.25 Å². The van der Waals surface area contributed by atoms with Crippen LogP contribution in [-0.2, 0) is 10.0 Å². The zero-order valence-electron chi connectivity index (χ0n) is 9.04. The lowest BCUT2D eigenvalue weighted by Gasteiger charge is -2.11. The Morgan fingerprint density at radius 1 is 1.47 bits per heavy atom. The van der Waals surface area contributed by atoms with Crippen LogP contribution < -0.4 is 10.5 Å². The summed E-state index contributed by atoms with van der Waals surface area (Å²) in [5.41, 5.74) is 5.23. The monoisotopic (exact) mass is 253 g/mol. The van der Waals surface area contributed by atoms with Gasteiger partial charge in [-0.3, -0.25) is 9.52 Å². The molecule has 0 saturated carbocycles. The molecule has 0 aliphatic heterocycles. The Bertz CT molecular complexity index is 575. The summed E-state index contributed by atoms with van der Waals surface area (Å²) in [6, 6.07) is 7.53. The van der Waals surface area contributed by atoms with Gasteiger partial charge in [0.05, 0.1) is 17.3 Å². The average Bonchev–Trinajstić information content (AvgIpc) is 2.27. The first kappa shape index (κ1) is 13.0.